The van der Waals surface area contributed by atoms with Gasteiger partial charge >= 0.3 is 6.09 Å². The van der Waals surface area contributed by atoms with Gasteiger partial charge in [-0.3, -0.25) is 0 Å². The van der Waals surface area contributed by atoms with E-state index in [2.05, 4.69) is 30.8 Å². The van der Waals surface area contributed by atoms with Gasteiger partial charge in [0.25, 0.3) is 0 Å². The molecule has 1 atom stereocenters. The molecule has 1 N–H and O–H groups in total. The van der Waals surface area contributed by atoms with Crippen molar-refractivity contribution in [2.24, 2.45) is 5.41 Å². The van der Waals surface area contributed by atoms with Crippen LogP contribution in [0.3, 0.4) is 0 Å². The van der Waals surface area contributed by atoms with E-state index in [0.717, 1.165) is 0 Å². The van der Waals surface area contributed by atoms with Gasteiger partial charge in [-0.2, -0.15) is 0 Å². The standard InChI is InChI=1S/C8H17NO2/c1-6(8(2,3)4)9-7(10)11-5/h6H,1-5H3,(H,9,10)/t6-/m1/s1. The van der Waals surface area contributed by atoms with Crippen LogP contribution in [-0.4, -0.2) is 19.2 Å². The van der Waals surface area contributed by atoms with E-state index in [9.17, 15) is 4.79 Å². The van der Waals surface area contributed by atoms with Crippen molar-refractivity contribution < 1.29 is 9.53 Å². The Morgan fingerprint density at radius 3 is 2.18 bits per heavy atom. The highest BCUT2D eigenvalue weighted by Gasteiger charge is 2.21. The number of amides is 1. The molecule has 0 saturated heterocycles. The second-order valence-corrected chi connectivity index (χ2v) is 3.72. The van der Waals surface area contributed by atoms with Gasteiger partial charge < -0.3 is 10.1 Å². The third kappa shape index (κ3) is 3.86. The number of hydrogen-bond acceptors (Lipinski definition) is 2. The first kappa shape index (κ1) is 10.3. The van der Waals surface area contributed by atoms with Crippen molar-refractivity contribution in [3.05, 3.63) is 0 Å². The second-order valence-electron chi connectivity index (χ2n) is 3.72. The summed E-state index contributed by atoms with van der Waals surface area (Å²) < 4.78 is 4.47. The maximum atomic E-state index is 10.7. The van der Waals surface area contributed by atoms with E-state index in [1.165, 1.54) is 7.11 Å². The molecular weight excluding hydrogens is 142 g/mol. The molecule has 0 aromatic rings. The zero-order valence-corrected chi connectivity index (χ0v) is 7.89. The zero-order valence-electron chi connectivity index (χ0n) is 7.89. The van der Waals surface area contributed by atoms with Crippen molar-refractivity contribution in [1.29, 1.82) is 0 Å². The van der Waals surface area contributed by atoms with Crippen LogP contribution in [0.5, 0.6) is 0 Å². The molecule has 0 fully saturated rings. The van der Waals surface area contributed by atoms with Gasteiger partial charge in [0.15, 0.2) is 0 Å². The Hall–Kier alpha value is -0.730. The molecule has 0 bridgehead atoms. The number of carbonyl (C=O) groups excluding carboxylic acids is 1. The number of ether oxygens (including phenoxy) is 1. The molecule has 0 unspecified atom stereocenters. The molecule has 0 aliphatic carbocycles. The summed E-state index contributed by atoms with van der Waals surface area (Å²) >= 11 is 0. The highest BCUT2D eigenvalue weighted by Crippen LogP contribution is 2.18. The Bertz CT molecular complexity index is 138. The summed E-state index contributed by atoms with van der Waals surface area (Å²) in [7, 11) is 1.37. The van der Waals surface area contributed by atoms with Crippen molar-refractivity contribution >= 4 is 6.09 Å². The number of carbonyl (C=O) groups is 1. The van der Waals surface area contributed by atoms with Crippen molar-refractivity contribution in [2.45, 2.75) is 33.7 Å². The number of hydrogen-bond donors (Lipinski definition) is 1. The lowest BCUT2D eigenvalue weighted by Crippen LogP contribution is -2.41. The predicted octanol–water partition coefficient (Wildman–Crippen LogP) is 1.78. The summed E-state index contributed by atoms with van der Waals surface area (Å²) in [6.45, 7) is 8.14. The van der Waals surface area contributed by atoms with Gasteiger partial charge in [0, 0.05) is 6.04 Å². The summed E-state index contributed by atoms with van der Waals surface area (Å²) in [6.07, 6.45) is -0.368. The van der Waals surface area contributed by atoms with Crippen molar-refractivity contribution in [3.8, 4) is 0 Å². The number of alkyl carbamates (subject to hydrolysis) is 1. The molecular formula is C8H17NO2. The van der Waals surface area contributed by atoms with Crippen LogP contribution in [-0.2, 0) is 4.74 Å². The van der Waals surface area contributed by atoms with Gasteiger partial charge in [-0.05, 0) is 12.3 Å². The molecule has 0 radical (unpaired) electrons. The quantitative estimate of drug-likeness (QED) is 0.633. The van der Waals surface area contributed by atoms with Gasteiger partial charge in [0.1, 0.15) is 0 Å². The number of nitrogens with one attached hydrogen (secondary N) is 1. The molecule has 0 aliphatic rings. The fourth-order valence-electron chi connectivity index (χ4n) is 0.452. The summed E-state index contributed by atoms with van der Waals surface area (Å²) in [5.74, 6) is 0. The number of methoxy groups -OCH3 is 1. The molecule has 0 rings (SSSR count). The molecule has 0 spiro atoms. The van der Waals surface area contributed by atoms with Crippen LogP contribution in [0.4, 0.5) is 4.79 Å². The van der Waals surface area contributed by atoms with Gasteiger partial charge in [0.05, 0.1) is 7.11 Å². The summed E-state index contributed by atoms with van der Waals surface area (Å²) in [5.41, 5.74) is 0.0776. The molecule has 0 aromatic carbocycles. The first-order valence-corrected chi connectivity index (χ1v) is 3.72. The van der Waals surface area contributed by atoms with Crippen molar-refractivity contribution in [3.63, 3.8) is 0 Å². The fraction of sp³-hybridized carbons (Fsp3) is 0.875. The average Bonchev–Trinajstić information content (AvgIpc) is 1.85. The Kier molecular flexibility index (Phi) is 3.36. The summed E-state index contributed by atoms with van der Waals surface area (Å²) in [5, 5.41) is 2.71. The lowest BCUT2D eigenvalue weighted by molar-refractivity contribution is 0.156. The van der Waals surface area contributed by atoms with E-state index in [1.807, 2.05) is 6.92 Å². The van der Waals surface area contributed by atoms with Gasteiger partial charge in [-0.15, -0.1) is 0 Å². The molecule has 11 heavy (non-hydrogen) atoms. The topological polar surface area (TPSA) is 38.3 Å². The normalized spacial score (nSPS) is 13.9. The van der Waals surface area contributed by atoms with Gasteiger partial charge in [0.2, 0.25) is 0 Å². The Balaban J connectivity index is 3.87. The minimum Gasteiger partial charge on any atom is -0.453 e. The smallest absolute Gasteiger partial charge is 0.407 e. The maximum Gasteiger partial charge on any atom is 0.407 e. The highest BCUT2D eigenvalue weighted by atomic mass is 16.5. The van der Waals surface area contributed by atoms with Crippen molar-refractivity contribution in [1.82, 2.24) is 5.32 Å². The first-order chi connectivity index (χ1) is 4.88. The third-order valence-electron chi connectivity index (χ3n) is 1.82. The summed E-state index contributed by atoms with van der Waals surface area (Å²) in [4.78, 5) is 10.7. The molecule has 3 heteroatoms. The van der Waals surface area contributed by atoms with Crippen LogP contribution >= 0.6 is 0 Å². The largest absolute Gasteiger partial charge is 0.453 e. The minimum atomic E-state index is -0.368. The highest BCUT2D eigenvalue weighted by molar-refractivity contribution is 5.67. The van der Waals surface area contributed by atoms with Crippen LogP contribution in [0.1, 0.15) is 27.7 Å². The maximum absolute atomic E-state index is 10.7. The Morgan fingerprint density at radius 2 is 1.91 bits per heavy atom. The van der Waals surface area contributed by atoms with E-state index >= 15 is 0 Å². The molecule has 66 valence electrons. The van der Waals surface area contributed by atoms with E-state index in [4.69, 9.17) is 0 Å². The molecule has 1 amide bonds. The molecule has 0 saturated carbocycles. The van der Waals surface area contributed by atoms with Gasteiger partial charge in [-0.1, -0.05) is 20.8 Å². The van der Waals surface area contributed by atoms with Crippen LogP contribution < -0.4 is 5.32 Å². The van der Waals surface area contributed by atoms with Crippen LogP contribution in [0.15, 0.2) is 0 Å². The third-order valence-corrected chi connectivity index (χ3v) is 1.82. The van der Waals surface area contributed by atoms with E-state index in [-0.39, 0.29) is 17.6 Å². The predicted molar refractivity (Wildman–Crippen MR) is 44.5 cm³/mol. The summed E-state index contributed by atoms with van der Waals surface area (Å²) in [6, 6.07) is 0.120. The Morgan fingerprint density at radius 1 is 1.45 bits per heavy atom. The Labute approximate surface area is 68.1 Å². The van der Waals surface area contributed by atoms with Gasteiger partial charge in [-0.25, -0.2) is 4.79 Å². The lowest BCUT2D eigenvalue weighted by Gasteiger charge is -2.27. The van der Waals surface area contributed by atoms with Crippen LogP contribution in [0.25, 0.3) is 0 Å². The zero-order chi connectivity index (χ0) is 9.07. The molecule has 0 heterocycles. The van der Waals surface area contributed by atoms with E-state index in [0.29, 0.717) is 0 Å². The van der Waals surface area contributed by atoms with Crippen LogP contribution in [0.2, 0.25) is 0 Å². The molecule has 0 aromatic heterocycles. The first-order valence-electron chi connectivity index (χ1n) is 3.72. The fourth-order valence-corrected chi connectivity index (χ4v) is 0.452. The SMILES string of the molecule is COC(=O)N[C@H](C)C(C)(C)C. The van der Waals surface area contributed by atoms with Crippen molar-refractivity contribution in [2.75, 3.05) is 7.11 Å². The molecule has 0 aliphatic heterocycles. The molecule has 3 nitrogen and oxygen atoms in total. The number of rotatable bonds is 1. The minimum absolute atomic E-state index is 0.0776. The van der Waals surface area contributed by atoms with E-state index in [1.54, 1.807) is 0 Å². The monoisotopic (exact) mass is 159 g/mol. The second kappa shape index (κ2) is 3.60. The average molecular weight is 159 g/mol. The van der Waals surface area contributed by atoms with Crippen LogP contribution in [0, 0.1) is 5.41 Å². The lowest BCUT2D eigenvalue weighted by atomic mass is 9.88. The van der Waals surface area contributed by atoms with E-state index < -0.39 is 0 Å².